The summed E-state index contributed by atoms with van der Waals surface area (Å²) in [6.07, 6.45) is 10.4. The number of carbonyl (C=O) groups excluding carboxylic acids is 1. The highest BCUT2D eigenvalue weighted by Gasteiger charge is 2.49. The zero-order valence-corrected chi connectivity index (χ0v) is 25.0. The van der Waals surface area contributed by atoms with E-state index in [-0.39, 0.29) is 23.8 Å². The van der Waals surface area contributed by atoms with Crippen molar-refractivity contribution in [3.63, 3.8) is 0 Å². The molecule has 1 saturated heterocycles. The minimum atomic E-state index is -0.888. The average Bonchev–Trinajstić information content (AvgIpc) is 3.58. The van der Waals surface area contributed by atoms with E-state index < -0.39 is 11.0 Å². The molecule has 7 rings (SSSR count). The Morgan fingerprint density at radius 2 is 1.90 bits per heavy atom. The first-order valence-corrected chi connectivity index (χ1v) is 15.8. The highest BCUT2D eigenvalue weighted by Crippen LogP contribution is 2.48. The Labute approximate surface area is 246 Å². The zero-order chi connectivity index (χ0) is 29.2. The smallest absolute Gasteiger partial charge is 0.220 e. The van der Waals surface area contributed by atoms with E-state index >= 15 is 0 Å². The van der Waals surface area contributed by atoms with E-state index in [2.05, 4.69) is 34.4 Å². The molecule has 3 fully saturated rings. The molecule has 11 nitrogen and oxygen atoms in total. The van der Waals surface area contributed by atoms with E-state index in [9.17, 15) is 9.90 Å². The van der Waals surface area contributed by atoms with Gasteiger partial charge in [0.05, 0.1) is 17.1 Å². The van der Waals surface area contributed by atoms with Gasteiger partial charge >= 0.3 is 0 Å². The number of fused-ring (bicyclic) bond motifs is 5. The number of Topliss-reactive ketones (excluding diaryl/α,β-unsaturated/α-hetero) is 1. The number of nitrogens with one attached hydrogen (secondary N) is 2. The zero-order valence-electron chi connectivity index (χ0n) is 25.0. The minimum Gasteiger partial charge on any atom is -0.475 e. The molecule has 42 heavy (non-hydrogen) atoms. The summed E-state index contributed by atoms with van der Waals surface area (Å²) in [5.74, 6) is 2.59. The second kappa shape index (κ2) is 10.3. The summed E-state index contributed by atoms with van der Waals surface area (Å²) in [4.78, 5) is 27.8. The molecular weight excluding hydrogens is 534 g/mol. The number of piperidine rings is 1. The van der Waals surface area contributed by atoms with Gasteiger partial charge in [0.25, 0.3) is 0 Å². The molecule has 2 aliphatic heterocycles. The molecule has 3 aliphatic carbocycles. The molecule has 1 spiro atoms. The third kappa shape index (κ3) is 4.51. The number of nitrogens with zero attached hydrogens (tertiary/aromatic N) is 5. The lowest BCUT2D eigenvalue weighted by Crippen LogP contribution is -2.53. The Morgan fingerprint density at radius 1 is 1.07 bits per heavy atom. The summed E-state index contributed by atoms with van der Waals surface area (Å²) in [7, 11) is 4.21. The van der Waals surface area contributed by atoms with Crippen molar-refractivity contribution in [2.45, 2.75) is 113 Å². The van der Waals surface area contributed by atoms with Crippen LogP contribution in [0.1, 0.15) is 94.4 Å². The van der Waals surface area contributed by atoms with Crippen molar-refractivity contribution in [3.05, 3.63) is 16.9 Å². The number of hydrogen-bond acceptors (Lipinski definition) is 11. The van der Waals surface area contributed by atoms with Gasteiger partial charge in [-0.2, -0.15) is 0 Å². The third-order valence-corrected chi connectivity index (χ3v) is 10.5. The van der Waals surface area contributed by atoms with Crippen molar-refractivity contribution in [2.75, 3.05) is 37.5 Å². The lowest BCUT2D eigenvalue weighted by Gasteiger charge is -2.42. The molecule has 2 unspecified atom stereocenters. The predicted octanol–water partition coefficient (Wildman–Crippen LogP) is 3.82. The molecular formula is C31H43N7O4. The number of ketones is 1. The van der Waals surface area contributed by atoms with E-state index in [4.69, 9.17) is 24.6 Å². The van der Waals surface area contributed by atoms with Gasteiger partial charge in [-0.3, -0.25) is 10.2 Å². The fraction of sp³-hybridized carbons (Fsp3) is 0.710. The van der Waals surface area contributed by atoms with E-state index in [1.54, 1.807) is 0 Å². The molecule has 226 valence electrons. The van der Waals surface area contributed by atoms with Crippen molar-refractivity contribution in [1.29, 1.82) is 5.41 Å². The molecule has 11 heteroatoms. The first kappa shape index (κ1) is 27.8. The molecule has 0 amide bonds. The Bertz CT molecular complexity index is 1400. The highest BCUT2D eigenvalue weighted by atomic mass is 16.5. The molecule has 5 atom stereocenters. The fourth-order valence-electron chi connectivity index (χ4n) is 8.23. The molecule has 5 aliphatic rings. The molecule has 3 N–H and O–H groups in total. The maximum absolute atomic E-state index is 13.3. The van der Waals surface area contributed by atoms with Crippen LogP contribution in [-0.2, 0) is 21.4 Å². The lowest BCUT2D eigenvalue weighted by molar-refractivity contribution is -0.128. The quantitative estimate of drug-likeness (QED) is 0.491. The standard InChI is InChI=1S/C31H43N7O4/c1-30(40)15-12-18-16-41-26(32)23-27(33-20-9-6-10-21(20)37(2)3)34-28(35-29(23)38(18)17-30)24-19-8-7-14-31(25(19)42-36-24)13-5-4-11-22(31)39/h18,20-21,32,40H,4-17H2,1-3H3,(H,33,34,35)/t18-,20?,21?,30-,31-/m1/s1. The highest BCUT2D eigenvalue weighted by molar-refractivity contribution is 6.02. The Hall–Kier alpha value is -3.05. The van der Waals surface area contributed by atoms with Gasteiger partial charge < -0.3 is 29.5 Å². The third-order valence-electron chi connectivity index (χ3n) is 10.5. The molecule has 0 bridgehead atoms. The van der Waals surface area contributed by atoms with Crippen LogP contribution in [0.25, 0.3) is 11.5 Å². The van der Waals surface area contributed by atoms with Crippen molar-refractivity contribution < 1.29 is 19.2 Å². The topological polar surface area (TPSA) is 141 Å². The Balaban J connectivity index is 1.38. The van der Waals surface area contributed by atoms with E-state index in [1.165, 1.54) is 0 Å². The Kier molecular flexibility index (Phi) is 6.80. The molecule has 2 aromatic rings. The molecule has 2 aromatic heterocycles. The second-order valence-electron chi connectivity index (χ2n) is 13.7. The largest absolute Gasteiger partial charge is 0.475 e. The molecule has 0 radical (unpaired) electrons. The van der Waals surface area contributed by atoms with Crippen LogP contribution in [0.4, 0.5) is 11.6 Å². The normalized spacial score (nSPS) is 32.8. The number of rotatable bonds is 4. The van der Waals surface area contributed by atoms with Gasteiger partial charge in [0.2, 0.25) is 5.90 Å². The number of ether oxygens (including phenoxy) is 1. The van der Waals surface area contributed by atoms with Crippen LogP contribution in [0.5, 0.6) is 0 Å². The van der Waals surface area contributed by atoms with Gasteiger partial charge in [0.1, 0.15) is 29.6 Å². The van der Waals surface area contributed by atoms with E-state index in [0.717, 1.165) is 69.8 Å². The summed E-state index contributed by atoms with van der Waals surface area (Å²) < 4.78 is 12.1. The van der Waals surface area contributed by atoms with Gasteiger partial charge in [-0.1, -0.05) is 11.6 Å². The molecule has 2 saturated carbocycles. The minimum absolute atomic E-state index is 0.0159. The first-order chi connectivity index (χ1) is 20.2. The van der Waals surface area contributed by atoms with Crippen LogP contribution >= 0.6 is 0 Å². The molecule has 0 aromatic carbocycles. The van der Waals surface area contributed by atoms with Crippen molar-refractivity contribution in [3.8, 4) is 11.5 Å². The summed E-state index contributed by atoms with van der Waals surface area (Å²) >= 11 is 0. The Morgan fingerprint density at radius 3 is 2.71 bits per heavy atom. The van der Waals surface area contributed by atoms with Gasteiger partial charge in [-0.05, 0) is 85.2 Å². The number of aliphatic hydroxyl groups is 1. The number of hydrogen-bond donors (Lipinski definition) is 3. The second-order valence-corrected chi connectivity index (χ2v) is 13.7. The first-order valence-electron chi connectivity index (χ1n) is 15.8. The lowest BCUT2D eigenvalue weighted by atomic mass is 9.64. The number of anilines is 2. The van der Waals surface area contributed by atoms with E-state index in [1.807, 2.05) is 6.92 Å². The van der Waals surface area contributed by atoms with Crippen LogP contribution in [0, 0.1) is 5.41 Å². The number of likely N-dealkylation sites (N-methyl/N-ethyl adjacent to an activating group) is 1. The van der Waals surface area contributed by atoms with Crippen molar-refractivity contribution in [2.24, 2.45) is 0 Å². The van der Waals surface area contributed by atoms with Gasteiger partial charge in [0.15, 0.2) is 17.3 Å². The van der Waals surface area contributed by atoms with Crippen LogP contribution < -0.4 is 10.2 Å². The fourth-order valence-corrected chi connectivity index (χ4v) is 8.23. The molecule has 4 heterocycles. The maximum atomic E-state index is 13.3. The summed E-state index contributed by atoms with van der Waals surface area (Å²) in [6, 6.07) is 0.468. The monoisotopic (exact) mass is 577 g/mol. The summed E-state index contributed by atoms with van der Waals surface area (Å²) in [5, 5.41) is 28.3. The summed E-state index contributed by atoms with van der Waals surface area (Å²) in [5.41, 5.74) is 0.581. The van der Waals surface area contributed by atoms with Gasteiger partial charge in [0, 0.05) is 30.6 Å². The number of aromatic nitrogens is 3. The van der Waals surface area contributed by atoms with Crippen LogP contribution in [0.15, 0.2) is 4.52 Å². The number of carbonyl (C=O) groups is 1. The van der Waals surface area contributed by atoms with E-state index in [0.29, 0.717) is 66.5 Å². The van der Waals surface area contributed by atoms with Crippen LogP contribution in [0.2, 0.25) is 0 Å². The average molecular weight is 578 g/mol. The van der Waals surface area contributed by atoms with Gasteiger partial charge in [-0.15, -0.1) is 0 Å². The maximum Gasteiger partial charge on any atom is 0.220 e. The van der Waals surface area contributed by atoms with Crippen LogP contribution in [-0.4, -0.2) is 87.8 Å². The van der Waals surface area contributed by atoms with Crippen molar-refractivity contribution in [1.82, 2.24) is 20.0 Å². The van der Waals surface area contributed by atoms with Crippen LogP contribution in [0.3, 0.4) is 0 Å². The van der Waals surface area contributed by atoms with Gasteiger partial charge in [-0.25, -0.2) is 9.97 Å². The predicted molar refractivity (Wildman–Crippen MR) is 158 cm³/mol. The summed E-state index contributed by atoms with van der Waals surface area (Å²) in [6.45, 7) is 2.60. The van der Waals surface area contributed by atoms with Crippen molar-refractivity contribution >= 4 is 23.3 Å². The SMILES string of the molecule is CN(C)C1CCCC1Nc1nc(-c2noc3c2CCC[C@@]32CCCCC2=O)nc2c1C(=N)OC[C@H]1CC[C@@](C)(O)CN21.